The quantitative estimate of drug-likeness (QED) is 0.119. The summed E-state index contributed by atoms with van der Waals surface area (Å²) >= 11 is 0. The molecule has 0 spiro atoms. The van der Waals surface area contributed by atoms with Gasteiger partial charge in [0.2, 0.25) is 8.07 Å². The van der Waals surface area contributed by atoms with Gasteiger partial charge in [0.15, 0.2) is 5.76 Å². The fraction of sp³-hybridized carbons (Fsp3) is 0. The second-order valence-electron chi connectivity index (χ2n) is 15.5. The second kappa shape index (κ2) is 13.7. The van der Waals surface area contributed by atoms with E-state index in [1.165, 1.54) is 48.1 Å². The van der Waals surface area contributed by atoms with Crippen molar-refractivity contribution >= 4 is 83.5 Å². The Morgan fingerprint density at radius 3 is 1.40 bits per heavy atom. The summed E-state index contributed by atoms with van der Waals surface area (Å²) < 4.78 is 11.7. The number of hydrogen-bond acceptors (Lipinski definition) is 2. The molecule has 8 aromatic carbocycles. The molecule has 0 N–H and O–H groups in total. The summed E-state index contributed by atoms with van der Waals surface area (Å²) in [5.74, 6) is 0.788. The van der Waals surface area contributed by atoms with Crippen LogP contribution in [0.2, 0.25) is 0 Å². The van der Waals surface area contributed by atoms with Gasteiger partial charge in [-0.05, 0) is 76.2 Å². The fourth-order valence-electron chi connectivity index (χ4n) is 9.75. The predicted octanol–water partition coefficient (Wildman–Crippen LogP) is 11.1. The molecule has 4 heterocycles. The molecule has 5 heteroatoms. The average molecular weight is 784 g/mol. The maximum Gasteiger partial charge on any atom is 0.201 e. The summed E-state index contributed by atoms with van der Waals surface area (Å²) in [5, 5.41) is 10.9. The molecule has 0 saturated heterocycles. The van der Waals surface area contributed by atoms with Gasteiger partial charge in [-0.15, -0.1) is 0 Å². The molecular formula is C55H37N3OSi. The largest absolute Gasteiger partial charge is 0.454 e. The zero-order valence-corrected chi connectivity index (χ0v) is 33.6. The molecule has 0 aliphatic carbocycles. The summed E-state index contributed by atoms with van der Waals surface area (Å²) in [4.78, 5) is 5.45. The highest BCUT2D eigenvalue weighted by Gasteiger charge is 2.43. The number of furan rings is 1. The van der Waals surface area contributed by atoms with E-state index >= 15 is 0 Å². The van der Waals surface area contributed by atoms with E-state index in [-0.39, 0.29) is 0 Å². The van der Waals surface area contributed by atoms with Crippen LogP contribution < -0.4 is 20.9 Å². The molecule has 4 nitrogen and oxygen atoms in total. The van der Waals surface area contributed by atoms with Crippen molar-refractivity contribution in [2.75, 3.05) is 0 Å². The summed E-state index contributed by atoms with van der Waals surface area (Å²) in [5.41, 5.74) is 8.52. The molecule has 4 aromatic heterocycles. The van der Waals surface area contributed by atoms with Crippen molar-refractivity contribution in [2.24, 2.45) is 0 Å². The third-order valence-corrected chi connectivity index (χ3v) is 17.0. The molecule has 0 aliphatic heterocycles. The Morgan fingerprint density at radius 1 is 0.383 bits per heavy atom. The van der Waals surface area contributed by atoms with Crippen LogP contribution in [-0.2, 0) is 0 Å². The molecule has 12 rings (SSSR count). The van der Waals surface area contributed by atoms with Gasteiger partial charge in [-0.3, -0.25) is 4.98 Å². The lowest BCUT2D eigenvalue weighted by molar-refractivity contribution is 0.629. The van der Waals surface area contributed by atoms with Crippen LogP contribution in [0.25, 0.3) is 77.3 Å². The smallest absolute Gasteiger partial charge is 0.201 e. The van der Waals surface area contributed by atoms with Gasteiger partial charge in [0.1, 0.15) is 11.3 Å². The van der Waals surface area contributed by atoms with Gasteiger partial charge < -0.3 is 13.6 Å². The van der Waals surface area contributed by atoms with Crippen LogP contribution in [0.1, 0.15) is 0 Å². The predicted molar refractivity (Wildman–Crippen MR) is 252 cm³/mol. The minimum atomic E-state index is -2.81. The van der Waals surface area contributed by atoms with Gasteiger partial charge in [0.05, 0.1) is 22.1 Å². The zero-order chi connectivity index (χ0) is 39.6. The van der Waals surface area contributed by atoms with Gasteiger partial charge in [-0.1, -0.05) is 158 Å². The molecule has 0 unspecified atom stereocenters. The molecule has 0 radical (unpaired) electrons. The molecular weight excluding hydrogens is 747 g/mol. The summed E-state index contributed by atoms with van der Waals surface area (Å²) in [6.07, 6.45) is 2.03. The van der Waals surface area contributed by atoms with Crippen LogP contribution in [0.15, 0.2) is 229 Å². The third kappa shape index (κ3) is 5.06. The van der Waals surface area contributed by atoms with E-state index in [0.29, 0.717) is 0 Å². The van der Waals surface area contributed by atoms with Crippen LogP contribution in [0.3, 0.4) is 0 Å². The van der Waals surface area contributed by atoms with Crippen molar-refractivity contribution in [2.45, 2.75) is 0 Å². The van der Waals surface area contributed by atoms with E-state index in [2.05, 4.69) is 221 Å². The first-order chi connectivity index (χ1) is 29.8. The highest BCUT2D eigenvalue weighted by atomic mass is 28.3. The number of hydrogen-bond donors (Lipinski definition) is 0. The lowest BCUT2D eigenvalue weighted by atomic mass is 10.1. The van der Waals surface area contributed by atoms with Crippen molar-refractivity contribution in [3.05, 3.63) is 225 Å². The van der Waals surface area contributed by atoms with Crippen LogP contribution >= 0.6 is 0 Å². The fourth-order valence-corrected chi connectivity index (χ4v) is 14.3. The van der Waals surface area contributed by atoms with Crippen molar-refractivity contribution < 1.29 is 4.42 Å². The van der Waals surface area contributed by atoms with E-state index in [9.17, 15) is 0 Å². The molecule has 0 atom stereocenters. The topological polar surface area (TPSA) is 35.9 Å². The van der Waals surface area contributed by atoms with Crippen LogP contribution in [0.4, 0.5) is 0 Å². The van der Waals surface area contributed by atoms with Gasteiger partial charge in [0.25, 0.3) is 0 Å². The first-order valence-corrected chi connectivity index (χ1v) is 22.5. The summed E-state index contributed by atoms with van der Waals surface area (Å²) in [6, 6.07) is 78.7. The van der Waals surface area contributed by atoms with Gasteiger partial charge >= 0.3 is 0 Å². The van der Waals surface area contributed by atoms with Crippen LogP contribution in [-0.4, -0.2) is 22.2 Å². The van der Waals surface area contributed by atoms with E-state index in [1.54, 1.807) is 0 Å². The Morgan fingerprint density at radius 2 is 0.850 bits per heavy atom. The van der Waals surface area contributed by atoms with Gasteiger partial charge in [-0.2, -0.15) is 0 Å². The Balaban J connectivity index is 1.08. The molecule has 12 aromatic rings. The van der Waals surface area contributed by atoms with E-state index < -0.39 is 8.07 Å². The van der Waals surface area contributed by atoms with Crippen LogP contribution in [0, 0.1) is 0 Å². The Kier molecular flexibility index (Phi) is 7.83. The molecule has 0 aliphatic rings. The number of benzene rings is 8. The molecule has 0 fully saturated rings. The highest BCUT2D eigenvalue weighted by molar-refractivity contribution is 7.19. The standard InChI is InChI=1S/C55H37N3OSi/c1-4-18-40(19-5-1)60(41-20-6-2-7-21-41,42-22-8-3-9-23-42)53-35-32-38(37-56-53)55-54(46-27-13-17-31-52(46)59-55)58-50-30-16-12-26-45(50)47-36-39(33-34-51(47)58)57-48-28-14-10-24-43(48)44-25-11-15-29-49(44)57/h1-37H. The summed E-state index contributed by atoms with van der Waals surface area (Å²) in [6.45, 7) is 0. The number of nitrogens with zero attached hydrogens (tertiary/aromatic N) is 3. The zero-order valence-electron chi connectivity index (χ0n) is 32.6. The number of aromatic nitrogens is 3. The van der Waals surface area contributed by atoms with Crippen molar-refractivity contribution in [3.63, 3.8) is 0 Å². The van der Waals surface area contributed by atoms with Crippen molar-refractivity contribution in [1.29, 1.82) is 0 Å². The second-order valence-corrected chi connectivity index (χ2v) is 19.2. The lowest BCUT2D eigenvalue weighted by Crippen LogP contribution is -2.75. The minimum Gasteiger partial charge on any atom is -0.454 e. The summed E-state index contributed by atoms with van der Waals surface area (Å²) in [7, 11) is -2.81. The average Bonchev–Trinajstić information content (AvgIpc) is 3.98. The number of fused-ring (bicyclic) bond motifs is 7. The van der Waals surface area contributed by atoms with E-state index in [0.717, 1.165) is 50.0 Å². The number of rotatable bonds is 7. The van der Waals surface area contributed by atoms with Crippen molar-refractivity contribution in [3.8, 4) is 22.7 Å². The Bertz CT molecular complexity index is 3380. The van der Waals surface area contributed by atoms with E-state index in [4.69, 9.17) is 9.40 Å². The first kappa shape index (κ1) is 34.3. The number of pyridine rings is 1. The Labute approximate surface area is 347 Å². The monoisotopic (exact) mass is 783 g/mol. The van der Waals surface area contributed by atoms with E-state index in [1.807, 2.05) is 12.3 Å². The lowest BCUT2D eigenvalue weighted by Gasteiger charge is -2.33. The molecule has 60 heavy (non-hydrogen) atoms. The number of para-hydroxylation sites is 4. The van der Waals surface area contributed by atoms with Gasteiger partial charge in [0, 0.05) is 49.7 Å². The highest BCUT2D eigenvalue weighted by Crippen LogP contribution is 2.42. The minimum absolute atomic E-state index is 0.788. The first-order valence-electron chi connectivity index (χ1n) is 20.5. The molecule has 282 valence electrons. The maximum absolute atomic E-state index is 6.91. The van der Waals surface area contributed by atoms with Gasteiger partial charge in [-0.25, -0.2) is 0 Å². The molecule has 0 bridgehead atoms. The van der Waals surface area contributed by atoms with Crippen molar-refractivity contribution in [1.82, 2.24) is 14.1 Å². The van der Waals surface area contributed by atoms with Crippen LogP contribution in [0.5, 0.6) is 0 Å². The molecule has 0 saturated carbocycles. The third-order valence-electron chi connectivity index (χ3n) is 12.3. The maximum atomic E-state index is 6.91. The molecule has 0 amide bonds. The Hall–Kier alpha value is -7.73. The SMILES string of the molecule is c1ccc([Si](c2ccccc2)(c2ccccc2)c2ccc(-c3oc4ccccc4c3-n3c4ccccc4c4cc(-n5c6ccccc6c6ccccc65)ccc43)cn2)cc1. The normalized spacial score (nSPS) is 12.0.